The number of rotatable bonds is 7. The van der Waals surface area contributed by atoms with E-state index >= 15 is 0 Å². The molecular formula is C15H22Cl2N2O3S. The lowest BCUT2D eigenvalue weighted by atomic mass is 9.84. The van der Waals surface area contributed by atoms with Gasteiger partial charge in [0.15, 0.2) is 0 Å². The highest BCUT2D eigenvalue weighted by atomic mass is 35.5. The van der Waals surface area contributed by atoms with Crippen molar-refractivity contribution in [3.8, 4) is 0 Å². The van der Waals surface area contributed by atoms with Gasteiger partial charge in [-0.15, -0.1) is 0 Å². The van der Waals surface area contributed by atoms with Gasteiger partial charge in [0.25, 0.3) is 0 Å². The van der Waals surface area contributed by atoms with Gasteiger partial charge < -0.3 is 11.1 Å². The van der Waals surface area contributed by atoms with Crippen LogP contribution in [0.4, 0.5) is 0 Å². The highest BCUT2D eigenvalue weighted by Crippen LogP contribution is 2.29. The van der Waals surface area contributed by atoms with Gasteiger partial charge >= 0.3 is 0 Å². The van der Waals surface area contributed by atoms with Crippen molar-refractivity contribution in [3.05, 3.63) is 33.8 Å². The second-order valence-corrected chi connectivity index (χ2v) is 9.33. The number of nitrogens with two attached hydrogens (primary N) is 1. The number of halogens is 2. The molecule has 3 N–H and O–H groups in total. The molecule has 0 heterocycles. The number of benzene rings is 1. The standard InChI is InChI=1S/C15H22Cl2N2O3S/c1-15(2,10-4-5-11(16)12(17)8-10)9-19-14(20)13(18)6-7-23(3,21)22/h4-5,8,13H,6-7,9,18H2,1-3H3,(H,19,20). The smallest absolute Gasteiger partial charge is 0.236 e. The maximum atomic E-state index is 12.0. The first-order valence-electron chi connectivity index (χ1n) is 7.09. The highest BCUT2D eigenvalue weighted by molar-refractivity contribution is 7.90. The lowest BCUT2D eigenvalue weighted by molar-refractivity contribution is -0.122. The zero-order valence-electron chi connectivity index (χ0n) is 13.4. The van der Waals surface area contributed by atoms with Crippen LogP contribution in [0.3, 0.4) is 0 Å². The van der Waals surface area contributed by atoms with E-state index < -0.39 is 15.9 Å². The van der Waals surface area contributed by atoms with E-state index in [4.69, 9.17) is 28.9 Å². The Labute approximate surface area is 147 Å². The van der Waals surface area contributed by atoms with Gasteiger partial charge in [-0.2, -0.15) is 0 Å². The molecule has 0 spiro atoms. The number of carbonyl (C=O) groups is 1. The molecule has 23 heavy (non-hydrogen) atoms. The average molecular weight is 381 g/mol. The van der Waals surface area contributed by atoms with Crippen LogP contribution in [-0.4, -0.2) is 38.9 Å². The van der Waals surface area contributed by atoms with Crippen molar-refractivity contribution in [1.82, 2.24) is 5.32 Å². The molecule has 0 aromatic heterocycles. The van der Waals surface area contributed by atoms with Crippen molar-refractivity contribution < 1.29 is 13.2 Å². The maximum absolute atomic E-state index is 12.0. The summed E-state index contributed by atoms with van der Waals surface area (Å²) >= 11 is 11.9. The predicted octanol–water partition coefficient (Wildman–Crippen LogP) is 2.15. The second-order valence-electron chi connectivity index (χ2n) is 6.26. The topological polar surface area (TPSA) is 89.3 Å². The van der Waals surface area contributed by atoms with Crippen LogP contribution >= 0.6 is 23.2 Å². The molecule has 0 aliphatic heterocycles. The largest absolute Gasteiger partial charge is 0.354 e. The Morgan fingerprint density at radius 3 is 2.43 bits per heavy atom. The van der Waals surface area contributed by atoms with Crippen LogP contribution in [0, 0.1) is 0 Å². The molecule has 8 heteroatoms. The van der Waals surface area contributed by atoms with Crippen LogP contribution in [0.1, 0.15) is 25.8 Å². The zero-order chi connectivity index (χ0) is 17.8. The van der Waals surface area contributed by atoms with Crippen molar-refractivity contribution in [2.75, 3.05) is 18.6 Å². The Morgan fingerprint density at radius 2 is 1.91 bits per heavy atom. The van der Waals surface area contributed by atoms with E-state index in [0.717, 1.165) is 11.8 Å². The summed E-state index contributed by atoms with van der Waals surface area (Å²) in [5.41, 5.74) is 6.27. The number of sulfone groups is 1. The third kappa shape index (κ3) is 6.67. The van der Waals surface area contributed by atoms with E-state index in [1.54, 1.807) is 12.1 Å². The summed E-state index contributed by atoms with van der Waals surface area (Å²) < 4.78 is 22.2. The minimum absolute atomic E-state index is 0.0951. The summed E-state index contributed by atoms with van der Waals surface area (Å²) in [5, 5.41) is 3.68. The molecule has 0 saturated carbocycles. The van der Waals surface area contributed by atoms with E-state index in [1.165, 1.54) is 0 Å². The number of hydrogen-bond donors (Lipinski definition) is 2. The fourth-order valence-corrected chi connectivity index (χ4v) is 2.91. The fraction of sp³-hybridized carbons (Fsp3) is 0.533. The lowest BCUT2D eigenvalue weighted by Crippen LogP contribution is -2.45. The van der Waals surface area contributed by atoms with Crippen LogP contribution in [0.25, 0.3) is 0 Å². The molecule has 1 unspecified atom stereocenters. The molecule has 0 aliphatic carbocycles. The molecule has 130 valence electrons. The predicted molar refractivity (Wildman–Crippen MR) is 94.8 cm³/mol. The lowest BCUT2D eigenvalue weighted by Gasteiger charge is -2.27. The van der Waals surface area contributed by atoms with Crippen LogP contribution in [-0.2, 0) is 20.0 Å². The molecular weight excluding hydrogens is 359 g/mol. The Bertz CT molecular complexity index is 675. The van der Waals surface area contributed by atoms with Crippen molar-refractivity contribution in [2.24, 2.45) is 5.73 Å². The molecule has 0 bridgehead atoms. The summed E-state index contributed by atoms with van der Waals surface area (Å²) in [6.45, 7) is 4.25. The van der Waals surface area contributed by atoms with Gasteiger partial charge in [0.05, 0.1) is 21.8 Å². The van der Waals surface area contributed by atoms with Gasteiger partial charge in [0.2, 0.25) is 5.91 Å². The van der Waals surface area contributed by atoms with Crippen LogP contribution in [0.5, 0.6) is 0 Å². The third-order valence-electron chi connectivity index (χ3n) is 3.54. The van der Waals surface area contributed by atoms with E-state index in [-0.39, 0.29) is 23.5 Å². The molecule has 0 fully saturated rings. The fourth-order valence-electron chi connectivity index (χ4n) is 1.93. The first-order chi connectivity index (χ1) is 10.4. The Kier molecular flexibility index (Phi) is 6.89. The van der Waals surface area contributed by atoms with E-state index in [1.807, 2.05) is 19.9 Å². The molecule has 1 rings (SSSR count). The molecule has 1 amide bonds. The minimum Gasteiger partial charge on any atom is -0.354 e. The Balaban J connectivity index is 2.64. The van der Waals surface area contributed by atoms with Crippen molar-refractivity contribution in [2.45, 2.75) is 31.7 Å². The molecule has 5 nitrogen and oxygen atoms in total. The second kappa shape index (κ2) is 7.83. The molecule has 0 aliphatic rings. The maximum Gasteiger partial charge on any atom is 0.236 e. The van der Waals surface area contributed by atoms with Gasteiger partial charge in [-0.1, -0.05) is 43.1 Å². The molecule has 0 saturated heterocycles. The van der Waals surface area contributed by atoms with Crippen molar-refractivity contribution >= 4 is 38.9 Å². The van der Waals surface area contributed by atoms with Gasteiger partial charge in [-0.05, 0) is 24.1 Å². The number of hydrogen-bond acceptors (Lipinski definition) is 4. The first kappa shape index (κ1) is 20.2. The van der Waals surface area contributed by atoms with E-state index in [9.17, 15) is 13.2 Å². The van der Waals surface area contributed by atoms with Gasteiger partial charge in [0, 0.05) is 18.2 Å². The summed E-state index contributed by atoms with van der Waals surface area (Å²) in [6, 6.07) is 4.47. The van der Waals surface area contributed by atoms with Crippen LogP contribution in [0.2, 0.25) is 10.0 Å². The van der Waals surface area contributed by atoms with E-state index in [0.29, 0.717) is 16.6 Å². The summed E-state index contributed by atoms with van der Waals surface area (Å²) in [5.74, 6) is -0.487. The monoisotopic (exact) mass is 380 g/mol. The molecule has 1 atom stereocenters. The number of amides is 1. The van der Waals surface area contributed by atoms with Gasteiger partial charge in [-0.3, -0.25) is 4.79 Å². The number of nitrogens with one attached hydrogen (secondary N) is 1. The Morgan fingerprint density at radius 1 is 1.30 bits per heavy atom. The molecule has 1 aromatic carbocycles. The van der Waals surface area contributed by atoms with Gasteiger partial charge in [-0.25, -0.2) is 8.42 Å². The molecule has 0 radical (unpaired) electrons. The van der Waals surface area contributed by atoms with E-state index in [2.05, 4.69) is 5.32 Å². The normalized spacial score (nSPS) is 13.7. The summed E-state index contributed by atoms with van der Waals surface area (Å²) in [4.78, 5) is 12.0. The van der Waals surface area contributed by atoms with Crippen LogP contribution in [0.15, 0.2) is 18.2 Å². The SMILES string of the molecule is CC(C)(CNC(=O)C(N)CCS(C)(=O)=O)c1ccc(Cl)c(Cl)c1. The summed E-state index contributed by atoms with van der Waals surface area (Å²) in [6.07, 6.45) is 1.21. The first-order valence-corrected chi connectivity index (χ1v) is 9.90. The van der Waals surface area contributed by atoms with Gasteiger partial charge in [0.1, 0.15) is 9.84 Å². The summed E-state index contributed by atoms with van der Waals surface area (Å²) in [7, 11) is -3.14. The zero-order valence-corrected chi connectivity index (χ0v) is 15.7. The third-order valence-corrected chi connectivity index (χ3v) is 5.26. The highest BCUT2D eigenvalue weighted by Gasteiger charge is 2.24. The van der Waals surface area contributed by atoms with Crippen molar-refractivity contribution in [1.29, 1.82) is 0 Å². The van der Waals surface area contributed by atoms with Crippen LogP contribution < -0.4 is 11.1 Å². The quantitative estimate of drug-likeness (QED) is 0.758. The molecule has 1 aromatic rings. The Hall–Kier alpha value is -0.820. The average Bonchev–Trinajstić information content (AvgIpc) is 2.44. The van der Waals surface area contributed by atoms with Crippen molar-refractivity contribution in [3.63, 3.8) is 0 Å². The minimum atomic E-state index is -3.14. The number of carbonyl (C=O) groups excluding carboxylic acids is 1.